The van der Waals surface area contributed by atoms with Gasteiger partial charge in [-0.3, -0.25) is 0 Å². The summed E-state index contributed by atoms with van der Waals surface area (Å²) < 4.78 is 5.41. The quantitative estimate of drug-likeness (QED) is 0.490. The van der Waals surface area contributed by atoms with Crippen molar-refractivity contribution in [2.45, 2.75) is 71.5 Å². The van der Waals surface area contributed by atoms with Crippen molar-refractivity contribution in [2.24, 2.45) is 0 Å². The zero-order valence-corrected chi connectivity index (χ0v) is 12.4. The molecule has 0 aromatic heterocycles. The first-order chi connectivity index (χ1) is 9.24. The molecule has 1 rings (SSSR count). The average Bonchev–Trinajstić information content (AvgIpc) is 2.39. The van der Waals surface area contributed by atoms with E-state index in [1.165, 1.54) is 50.5 Å². The van der Waals surface area contributed by atoms with Crippen molar-refractivity contribution < 1.29 is 9.84 Å². The Labute approximate surface area is 117 Å². The summed E-state index contributed by atoms with van der Waals surface area (Å²) in [5.41, 5.74) is 1.21. The van der Waals surface area contributed by atoms with Gasteiger partial charge in [0.1, 0.15) is 5.75 Å². The van der Waals surface area contributed by atoms with Gasteiger partial charge in [0.2, 0.25) is 0 Å². The van der Waals surface area contributed by atoms with Crippen LogP contribution >= 0.6 is 0 Å². The van der Waals surface area contributed by atoms with Gasteiger partial charge in [0.05, 0.1) is 0 Å². The highest BCUT2D eigenvalue weighted by Crippen LogP contribution is 2.21. The Hall–Kier alpha value is -1.02. The minimum Gasteiger partial charge on any atom is -0.465 e. The van der Waals surface area contributed by atoms with Crippen molar-refractivity contribution in [1.82, 2.24) is 0 Å². The van der Waals surface area contributed by atoms with Crippen LogP contribution in [-0.4, -0.2) is 11.4 Å². The fourth-order valence-electron chi connectivity index (χ4n) is 2.28. The van der Waals surface area contributed by atoms with E-state index in [0.717, 1.165) is 12.2 Å². The molecule has 0 spiro atoms. The Morgan fingerprint density at radius 2 is 1.63 bits per heavy atom. The van der Waals surface area contributed by atoms with Gasteiger partial charge in [-0.1, -0.05) is 63.6 Å². The molecule has 0 aliphatic heterocycles. The lowest BCUT2D eigenvalue weighted by atomic mass is 10.0. The number of ether oxygens (including phenoxy) is 1. The number of aliphatic hydroxyl groups is 1. The monoisotopic (exact) mass is 264 g/mol. The minimum atomic E-state index is -0.741. The number of hydrogen-bond acceptors (Lipinski definition) is 2. The zero-order valence-electron chi connectivity index (χ0n) is 12.4. The molecule has 2 nitrogen and oxygen atoms in total. The van der Waals surface area contributed by atoms with Gasteiger partial charge >= 0.3 is 0 Å². The molecule has 19 heavy (non-hydrogen) atoms. The first-order valence-corrected chi connectivity index (χ1v) is 7.66. The summed E-state index contributed by atoms with van der Waals surface area (Å²) in [5, 5.41) is 9.30. The van der Waals surface area contributed by atoms with Gasteiger partial charge in [-0.15, -0.1) is 0 Å². The second-order valence-corrected chi connectivity index (χ2v) is 5.20. The van der Waals surface area contributed by atoms with Gasteiger partial charge in [0.15, 0.2) is 6.29 Å². The number of benzene rings is 1. The molecule has 0 aliphatic carbocycles. The van der Waals surface area contributed by atoms with Crippen molar-refractivity contribution >= 4 is 0 Å². The van der Waals surface area contributed by atoms with Crippen LogP contribution in [0, 0.1) is 0 Å². The summed E-state index contributed by atoms with van der Waals surface area (Å²) in [4.78, 5) is 0. The SMILES string of the molecule is CCCCCCCCCc1ccccc1OC(C)O. The predicted molar refractivity (Wildman–Crippen MR) is 80.4 cm³/mol. The summed E-state index contributed by atoms with van der Waals surface area (Å²) in [6, 6.07) is 8.01. The van der Waals surface area contributed by atoms with Gasteiger partial charge in [-0.25, -0.2) is 0 Å². The normalized spacial score (nSPS) is 12.4. The van der Waals surface area contributed by atoms with Crippen LogP contribution in [0.25, 0.3) is 0 Å². The summed E-state index contributed by atoms with van der Waals surface area (Å²) in [5.74, 6) is 0.823. The third kappa shape index (κ3) is 7.22. The van der Waals surface area contributed by atoms with E-state index in [1.807, 2.05) is 18.2 Å². The van der Waals surface area contributed by atoms with Gasteiger partial charge in [0.25, 0.3) is 0 Å². The van der Waals surface area contributed by atoms with E-state index in [4.69, 9.17) is 4.74 Å². The molecule has 0 radical (unpaired) electrons. The zero-order chi connectivity index (χ0) is 13.9. The van der Waals surface area contributed by atoms with Crippen molar-refractivity contribution in [3.8, 4) is 5.75 Å². The summed E-state index contributed by atoms with van der Waals surface area (Å²) in [6.07, 6.45) is 9.53. The van der Waals surface area contributed by atoms with E-state index >= 15 is 0 Å². The Bertz CT molecular complexity index is 334. The molecule has 0 saturated heterocycles. The second kappa shape index (κ2) is 9.85. The molecular weight excluding hydrogens is 236 g/mol. The number of hydrogen-bond donors (Lipinski definition) is 1. The van der Waals surface area contributed by atoms with Crippen LogP contribution in [0.1, 0.15) is 64.4 Å². The first-order valence-electron chi connectivity index (χ1n) is 7.66. The van der Waals surface area contributed by atoms with Gasteiger partial charge in [-0.05, 0) is 31.4 Å². The molecule has 0 bridgehead atoms. The highest BCUT2D eigenvalue weighted by molar-refractivity contribution is 5.33. The molecule has 1 aromatic carbocycles. The highest BCUT2D eigenvalue weighted by atomic mass is 16.6. The van der Waals surface area contributed by atoms with Crippen LogP contribution in [-0.2, 0) is 6.42 Å². The van der Waals surface area contributed by atoms with Crippen LogP contribution in [0.4, 0.5) is 0 Å². The van der Waals surface area contributed by atoms with E-state index in [2.05, 4.69) is 13.0 Å². The smallest absolute Gasteiger partial charge is 0.194 e. The third-order valence-corrected chi connectivity index (χ3v) is 3.32. The number of unbranched alkanes of at least 4 members (excludes halogenated alkanes) is 6. The maximum absolute atomic E-state index is 9.30. The second-order valence-electron chi connectivity index (χ2n) is 5.20. The van der Waals surface area contributed by atoms with E-state index in [0.29, 0.717) is 0 Å². The standard InChI is InChI=1S/C17H28O2/c1-3-4-5-6-7-8-9-12-16-13-10-11-14-17(16)19-15(2)18/h10-11,13-15,18H,3-9,12H2,1-2H3. The molecule has 0 heterocycles. The van der Waals surface area contributed by atoms with Crippen molar-refractivity contribution in [3.63, 3.8) is 0 Å². The van der Waals surface area contributed by atoms with Gasteiger partial charge in [0, 0.05) is 0 Å². The van der Waals surface area contributed by atoms with E-state index in [-0.39, 0.29) is 0 Å². The highest BCUT2D eigenvalue weighted by Gasteiger charge is 2.05. The third-order valence-electron chi connectivity index (χ3n) is 3.32. The van der Waals surface area contributed by atoms with Crippen LogP contribution in [0.2, 0.25) is 0 Å². The van der Waals surface area contributed by atoms with E-state index < -0.39 is 6.29 Å². The fraction of sp³-hybridized carbons (Fsp3) is 0.647. The molecule has 1 unspecified atom stereocenters. The molecule has 0 saturated carbocycles. The number of aliphatic hydroxyl groups excluding tert-OH is 1. The maximum Gasteiger partial charge on any atom is 0.194 e. The summed E-state index contributed by atoms with van der Waals surface area (Å²) in [6.45, 7) is 3.89. The van der Waals surface area contributed by atoms with Crippen LogP contribution in [0.5, 0.6) is 5.75 Å². The average molecular weight is 264 g/mol. The molecule has 0 amide bonds. The Kier molecular flexibility index (Phi) is 8.31. The van der Waals surface area contributed by atoms with Crippen LogP contribution in [0.15, 0.2) is 24.3 Å². The Morgan fingerprint density at radius 3 is 2.32 bits per heavy atom. The summed E-state index contributed by atoms with van der Waals surface area (Å²) >= 11 is 0. The van der Waals surface area contributed by atoms with Gasteiger partial charge in [-0.2, -0.15) is 0 Å². The van der Waals surface area contributed by atoms with Crippen molar-refractivity contribution in [3.05, 3.63) is 29.8 Å². The van der Waals surface area contributed by atoms with E-state index in [9.17, 15) is 5.11 Å². The Balaban J connectivity index is 2.25. The lowest BCUT2D eigenvalue weighted by molar-refractivity contribution is -0.00101. The maximum atomic E-state index is 9.30. The molecule has 1 aromatic rings. The molecular formula is C17H28O2. The lowest BCUT2D eigenvalue weighted by Crippen LogP contribution is -2.10. The van der Waals surface area contributed by atoms with Gasteiger partial charge < -0.3 is 9.84 Å². The van der Waals surface area contributed by atoms with Crippen molar-refractivity contribution in [1.29, 1.82) is 0 Å². The number of para-hydroxylation sites is 1. The number of rotatable bonds is 10. The molecule has 1 N–H and O–H groups in total. The fourth-order valence-corrected chi connectivity index (χ4v) is 2.28. The first kappa shape index (κ1) is 16.0. The van der Waals surface area contributed by atoms with Crippen LogP contribution in [0.3, 0.4) is 0 Å². The largest absolute Gasteiger partial charge is 0.465 e. The molecule has 1 atom stereocenters. The van der Waals surface area contributed by atoms with Crippen molar-refractivity contribution in [2.75, 3.05) is 0 Å². The predicted octanol–water partition coefficient (Wildman–Crippen LogP) is 4.70. The topological polar surface area (TPSA) is 29.5 Å². The van der Waals surface area contributed by atoms with Crippen LogP contribution < -0.4 is 4.74 Å². The minimum absolute atomic E-state index is 0.741. The van der Waals surface area contributed by atoms with E-state index in [1.54, 1.807) is 6.92 Å². The Morgan fingerprint density at radius 1 is 1.00 bits per heavy atom. The number of aryl methyl sites for hydroxylation is 1. The lowest BCUT2D eigenvalue weighted by Gasteiger charge is -2.13. The molecule has 108 valence electrons. The molecule has 2 heteroatoms. The molecule has 0 aliphatic rings. The summed E-state index contributed by atoms with van der Waals surface area (Å²) in [7, 11) is 0. The molecule has 0 fully saturated rings.